The Kier molecular flexibility index (Phi) is 11.1. The van der Waals surface area contributed by atoms with E-state index in [1.54, 1.807) is 29.1 Å². The van der Waals surface area contributed by atoms with Crippen molar-refractivity contribution < 1.29 is 42.9 Å². The van der Waals surface area contributed by atoms with Crippen molar-refractivity contribution in [3.63, 3.8) is 0 Å². The van der Waals surface area contributed by atoms with E-state index < -0.39 is 35.3 Å². The van der Waals surface area contributed by atoms with E-state index in [9.17, 15) is 24.0 Å². The van der Waals surface area contributed by atoms with Crippen LogP contribution in [0.1, 0.15) is 66.4 Å². The van der Waals surface area contributed by atoms with E-state index in [4.69, 9.17) is 18.9 Å². The van der Waals surface area contributed by atoms with E-state index in [0.717, 1.165) is 4.90 Å². The zero-order chi connectivity index (χ0) is 31.7. The molecule has 2 aliphatic rings. The van der Waals surface area contributed by atoms with Gasteiger partial charge in [0.25, 0.3) is 11.8 Å². The number of carbonyl (C=O) groups excluding carboxylic acids is 5. The van der Waals surface area contributed by atoms with E-state index in [1.807, 2.05) is 20.8 Å². The zero-order valence-electron chi connectivity index (χ0n) is 25.1. The smallest absolute Gasteiger partial charge is 0.308 e. The highest BCUT2D eigenvalue weighted by Gasteiger charge is 2.45. The van der Waals surface area contributed by atoms with Crippen LogP contribution in [0.2, 0.25) is 0 Å². The Bertz CT molecular complexity index is 1370. The van der Waals surface area contributed by atoms with Crippen molar-refractivity contribution in [2.24, 2.45) is 0 Å². The number of fused-ring (bicyclic) bond motifs is 1. The topological polar surface area (TPSA) is 180 Å². The monoisotopic (exact) mass is 614 g/mol. The Morgan fingerprint density at radius 2 is 1.80 bits per heavy atom. The standard InChI is InChI=1S/C29H38N6O9/c1-29(2,3)44-24(37)9-12-41-15-16-42-14-11-34-17-19(32-33-34)18-43-13-10-30-21-6-4-5-20-25(21)28(40)35(27(20)39)22-7-8-23(36)31-26(22)38/h4-6,17,22,30H,7-16,18H2,1-3H3,(H,31,36,38). The Morgan fingerprint density at radius 1 is 1.02 bits per heavy atom. The summed E-state index contributed by atoms with van der Waals surface area (Å²) < 4.78 is 23.5. The van der Waals surface area contributed by atoms with Gasteiger partial charge in [0.2, 0.25) is 11.8 Å². The summed E-state index contributed by atoms with van der Waals surface area (Å²) in [6, 6.07) is 3.86. The van der Waals surface area contributed by atoms with Crippen LogP contribution in [0.15, 0.2) is 24.4 Å². The van der Waals surface area contributed by atoms with Gasteiger partial charge in [0, 0.05) is 18.7 Å². The van der Waals surface area contributed by atoms with Crippen molar-refractivity contribution >= 4 is 35.3 Å². The van der Waals surface area contributed by atoms with Crippen LogP contribution in [0.4, 0.5) is 5.69 Å². The van der Waals surface area contributed by atoms with E-state index in [-0.39, 0.29) is 56.2 Å². The number of hydrogen-bond acceptors (Lipinski definition) is 12. The first-order valence-electron chi connectivity index (χ1n) is 14.5. The highest BCUT2D eigenvalue weighted by atomic mass is 16.6. The van der Waals surface area contributed by atoms with Crippen molar-refractivity contribution in [2.45, 2.75) is 64.8 Å². The fourth-order valence-electron chi connectivity index (χ4n) is 4.64. The van der Waals surface area contributed by atoms with Gasteiger partial charge in [0.05, 0.1) is 69.9 Å². The number of piperidine rings is 1. The minimum absolute atomic E-state index is 0.0587. The summed E-state index contributed by atoms with van der Waals surface area (Å²) >= 11 is 0. The summed E-state index contributed by atoms with van der Waals surface area (Å²) in [5, 5.41) is 13.5. The van der Waals surface area contributed by atoms with E-state index >= 15 is 0 Å². The van der Waals surface area contributed by atoms with Gasteiger partial charge in [-0.05, 0) is 39.3 Å². The number of nitrogens with zero attached hydrogens (tertiary/aromatic N) is 4. The molecule has 0 aliphatic carbocycles. The van der Waals surface area contributed by atoms with Gasteiger partial charge in [-0.1, -0.05) is 11.3 Å². The van der Waals surface area contributed by atoms with E-state index in [0.29, 0.717) is 44.3 Å². The van der Waals surface area contributed by atoms with Crippen molar-refractivity contribution in [2.75, 3.05) is 44.9 Å². The number of anilines is 1. The number of hydrogen-bond donors (Lipinski definition) is 2. The van der Waals surface area contributed by atoms with Gasteiger partial charge < -0.3 is 24.3 Å². The van der Waals surface area contributed by atoms with E-state index in [2.05, 4.69) is 20.9 Å². The maximum Gasteiger partial charge on any atom is 0.308 e. The van der Waals surface area contributed by atoms with Gasteiger partial charge in [-0.3, -0.25) is 34.2 Å². The molecular weight excluding hydrogens is 576 g/mol. The van der Waals surface area contributed by atoms with Gasteiger partial charge in [0.15, 0.2) is 0 Å². The maximum atomic E-state index is 13.2. The van der Waals surface area contributed by atoms with Crippen molar-refractivity contribution in [1.82, 2.24) is 25.2 Å². The molecule has 1 atom stereocenters. The number of ether oxygens (including phenoxy) is 4. The molecule has 1 aromatic heterocycles. The SMILES string of the molecule is CC(C)(C)OC(=O)CCOCCOCCn1cc(COCCNc2cccc3c2C(=O)N(C2CCC(=O)NC2=O)C3=O)nn1. The lowest BCUT2D eigenvalue weighted by molar-refractivity contribution is -0.156. The van der Waals surface area contributed by atoms with Crippen molar-refractivity contribution in [1.29, 1.82) is 0 Å². The molecule has 1 aromatic carbocycles. The molecule has 1 unspecified atom stereocenters. The first-order chi connectivity index (χ1) is 21.0. The van der Waals surface area contributed by atoms with Crippen LogP contribution in [-0.2, 0) is 46.5 Å². The fraction of sp³-hybridized carbons (Fsp3) is 0.552. The fourth-order valence-corrected chi connectivity index (χ4v) is 4.64. The van der Waals surface area contributed by atoms with Gasteiger partial charge in [-0.15, -0.1) is 5.10 Å². The second-order valence-electron chi connectivity index (χ2n) is 11.2. The number of carbonyl (C=O) groups is 5. The highest BCUT2D eigenvalue weighted by molar-refractivity contribution is 6.25. The minimum Gasteiger partial charge on any atom is -0.460 e. The number of nitrogens with one attached hydrogen (secondary N) is 2. The second kappa shape index (κ2) is 15.0. The molecule has 3 heterocycles. The third-order valence-corrected chi connectivity index (χ3v) is 6.57. The van der Waals surface area contributed by atoms with Crippen LogP contribution in [0.25, 0.3) is 0 Å². The average Bonchev–Trinajstić information content (AvgIpc) is 3.51. The molecular formula is C29H38N6O9. The Hall–Kier alpha value is -4.21. The molecule has 0 spiro atoms. The molecule has 15 nitrogen and oxygen atoms in total. The molecule has 2 aromatic rings. The Labute approximate surface area is 254 Å². The molecule has 0 saturated carbocycles. The molecule has 4 amide bonds. The van der Waals surface area contributed by atoms with Crippen LogP contribution < -0.4 is 10.6 Å². The van der Waals surface area contributed by atoms with Crippen molar-refractivity contribution in [3.8, 4) is 0 Å². The maximum absolute atomic E-state index is 13.2. The first kappa shape index (κ1) is 32.7. The number of benzene rings is 1. The molecule has 4 rings (SSSR count). The summed E-state index contributed by atoms with van der Waals surface area (Å²) in [5.74, 6) is -2.50. The van der Waals surface area contributed by atoms with Crippen LogP contribution in [0.5, 0.6) is 0 Å². The predicted molar refractivity (Wildman–Crippen MR) is 153 cm³/mol. The quantitative estimate of drug-likeness (QED) is 0.156. The normalized spacial score (nSPS) is 16.7. The summed E-state index contributed by atoms with van der Waals surface area (Å²) in [5.41, 5.74) is 0.985. The molecule has 1 saturated heterocycles. The number of amides is 4. The van der Waals surface area contributed by atoms with Gasteiger partial charge in [-0.25, -0.2) is 4.68 Å². The highest BCUT2D eigenvalue weighted by Crippen LogP contribution is 2.32. The summed E-state index contributed by atoms with van der Waals surface area (Å²) in [6.07, 6.45) is 2.10. The Balaban J connectivity index is 1.11. The predicted octanol–water partition coefficient (Wildman–Crippen LogP) is 1.07. The molecule has 15 heteroatoms. The molecule has 2 aliphatic heterocycles. The molecule has 44 heavy (non-hydrogen) atoms. The molecule has 238 valence electrons. The summed E-state index contributed by atoms with van der Waals surface area (Å²) in [4.78, 5) is 62.5. The van der Waals surface area contributed by atoms with Crippen LogP contribution in [0.3, 0.4) is 0 Å². The van der Waals surface area contributed by atoms with Gasteiger partial charge in [0.1, 0.15) is 17.3 Å². The van der Waals surface area contributed by atoms with Crippen LogP contribution in [0, 0.1) is 0 Å². The lowest BCUT2D eigenvalue weighted by atomic mass is 10.0. The number of esters is 1. The molecule has 1 fully saturated rings. The zero-order valence-corrected chi connectivity index (χ0v) is 25.1. The summed E-state index contributed by atoms with van der Waals surface area (Å²) in [6.45, 7) is 8.23. The molecule has 0 radical (unpaired) electrons. The molecule has 0 bridgehead atoms. The molecule has 2 N–H and O–H groups in total. The van der Waals surface area contributed by atoms with Crippen LogP contribution in [-0.4, -0.2) is 101 Å². The average molecular weight is 615 g/mol. The second-order valence-corrected chi connectivity index (χ2v) is 11.2. The summed E-state index contributed by atoms with van der Waals surface area (Å²) in [7, 11) is 0. The lowest BCUT2D eigenvalue weighted by Crippen LogP contribution is -2.54. The van der Waals surface area contributed by atoms with Crippen LogP contribution >= 0.6 is 0 Å². The minimum atomic E-state index is -1.02. The van der Waals surface area contributed by atoms with E-state index in [1.165, 1.54) is 0 Å². The number of imide groups is 2. The number of rotatable bonds is 16. The Morgan fingerprint density at radius 3 is 2.55 bits per heavy atom. The third kappa shape index (κ3) is 8.90. The first-order valence-corrected chi connectivity index (χ1v) is 14.5. The van der Waals surface area contributed by atoms with Crippen molar-refractivity contribution in [3.05, 3.63) is 41.2 Å². The van der Waals surface area contributed by atoms with Gasteiger partial charge >= 0.3 is 5.97 Å². The van der Waals surface area contributed by atoms with Gasteiger partial charge in [-0.2, -0.15) is 0 Å². The number of aromatic nitrogens is 3. The largest absolute Gasteiger partial charge is 0.460 e. The lowest BCUT2D eigenvalue weighted by Gasteiger charge is -2.27. The third-order valence-electron chi connectivity index (χ3n) is 6.57.